The molecule has 1 unspecified atom stereocenters. The third kappa shape index (κ3) is 6.00. The largest absolute Gasteiger partial charge is 0.352 e. The van der Waals surface area contributed by atoms with Gasteiger partial charge in [-0.1, -0.05) is 57.0 Å². The molecule has 24 heavy (non-hydrogen) atoms. The summed E-state index contributed by atoms with van der Waals surface area (Å²) >= 11 is 1.59. The first-order valence-electron chi connectivity index (χ1n) is 8.58. The maximum Gasteiger partial charge on any atom is 0.251 e. The number of hydrogen-bond acceptors (Lipinski definition) is 4. The molecule has 2 aromatic rings. The van der Waals surface area contributed by atoms with E-state index in [1.165, 1.54) is 25.6 Å². The predicted molar refractivity (Wildman–Crippen MR) is 98.0 cm³/mol. The number of thioether (sulfide) groups is 1. The average molecular weight is 346 g/mol. The molecule has 6 heteroatoms. The normalized spacial score (nSPS) is 12.1. The van der Waals surface area contributed by atoms with Crippen LogP contribution in [0.5, 0.6) is 0 Å². The van der Waals surface area contributed by atoms with Crippen LogP contribution in [-0.2, 0) is 5.75 Å². The molecule has 0 saturated carbocycles. The highest BCUT2D eigenvalue weighted by atomic mass is 32.2. The SMILES string of the molecule is CCCCC(CC)CNC(=O)c1ccc(CSc2ncn[nH]2)cc1. The van der Waals surface area contributed by atoms with Gasteiger partial charge in [0.15, 0.2) is 5.16 Å². The van der Waals surface area contributed by atoms with E-state index in [9.17, 15) is 4.79 Å². The van der Waals surface area contributed by atoms with Crippen molar-refractivity contribution in [2.75, 3.05) is 6.54 Å². The topological polar surface area (TPSA) is 70.7 Å². The van der Waals surface area contributed by atoms with Crippen molar-refractivity contribution in [3.05, 3.63) is 41.7 Å². The van der Waals surface area contributed by atoms with Crippen LogP contribution in [-0.4, -0.2) is 27.6 Å². The minimum absolute atomic E-state index is 0.0133. The molecule has 0 aliphatic carbocycles. The van der Waals surface area contributed by atoms with Crippen molar-refractivity contribution in [1.29, 1.82) is 0 Å². The van der Waals surface area contributed by atoms with Crippen LogP contribution < -0.4 is 5.32 Å². The standard InChI is InChI=1S/C18H26N4OS/c1-3-5-6-14(4-2)11-19-17(23)16-9-7-15(8-10-16)12-24-18-20-13-21-22-18/h7-10,13-14H,3-6,11-12H2,1-2H3,(H,19,23)(H,20,21,22). The van der Waals surface area contributed by atoms with E-state index in [1.807, 2.05) is 24.3 Å². The lowest BCUT2D eigenvalue weighted by molar-refractivity contribution is 0.0946. The summed E-state index contributed by atoms with van der Waals surface area (Å²) in [5.41, 5.74) is 1.87. The van der Waals surface area contributed by atoms with Crippen LogP contribution in [0, 0.1) is 5.92 Å². The number of carbonyl (C=O) groups excluding carboxylic acids is 1. The number of unbranched alkanes of at least 4 members (excludes halogenated alkanes) is 1. The van der Waals surface area contributed by atoms with Gasteiger partial charge >= 0.3 is 0 Å². The molecule has 130 valence electrons. The van der Waals surface area contributed by atoms with Crippen LogP contribution in [0.4, 0.5) is 0 Å². The first-order chi connectivity index (χ1) is 11.7. The van der Waals surface area contributed by atoms with E-state index in [0.29, 0.717) is 11.5 Å². The molecule has 2 N–H and O–H groups in total. The highest BCUT2D eigenvalue weighted by molar-refractivity contribution is 7.98. The highest BCUT2D eigenvalue weighted by Crippen LogP contribution is 2.18. The van der Waals surface area contributed by atoms with Gasteiger partial charge in [-0.3, -0.25) is 9.89 Å². The van der Waals surface area contributed by atoms with E-state index in [1.54, 1.807) is 11.8 Å². The van der Waals surface area contributed by atoms with Crippen molar-refractivity contribution in [3.63, 3.8) is 0 Å². The number of aromatic nitrogens is 3. The van der Waals surface area contributed by atoms with Crippen molar-refractivity contribution in [1.82, 2.24) is 20.5 Å². The zero-order chi connectivity index (χ0) is 17.2. The van der Waals surface area contributed by atoms with Gasteiger partial charge in [-0.15, -0.1) is 0 Å². The number of rotatable bonds is 10. The van der Waals surface area contributed by atoms with Gasteiger partial charge in [-0.2, -0.15) is 5.10 Å². The van der Waals surface area contributed by atoms with E-state index in [4.69, 9.17) is 0 Å². The smallest absolute Gasteiger partial charge is 0.251 e. The lowest BCUT2D eigenvalue weighted by Crippen LogP contribution is -2.29. The van der Waals surface area contributed by atoms with Gasteiger partial charge < -0.3 is 5.32 Å². The summed E-state index contributed by atoms with van der Waals surface area (Å²) in [4.78, 5) is 16.3. The Morgan fingerprint density at radius 2 is 2.08 bits per heavy atom. The molecule has 0 aliphatic rings. The van der Waals surface area contributed by atoms with E-state index in [0.717, 1.165) is 29.4 Å². The summed E-state index contributed by atoms with van der Waals surface area (Å²) in [7, 11) is 0. The molecular weight excluding hydrogens is 320 g/mol. The third-order valence-electron chi connectivity index (χ3n) is 4.08. The number of nitrogens with zero attached hydrogens (tertiary/aromatic N) is 2. The fraction of sp³-hybridized carbons (Fsp3) is 0.500. The molecular formula is C18H26N4OS. The van der Waals surface area contributed by atoms with E-state index >= 15 is 0 Å². The monoisotopic (exact) mass is 346 g/mol. The van der Waals surface area contributed by atoms with E-state index in [-0.39, 0.29) is 5.91 Å². The second kappa shape index (κ2) is 10.1. The number of nitrogens with one attached hydrogen (secondary N) is 2. The molecule has 0 spiro atoms. The second-order valence-corrected chi connectivity index (χ2v) is 6.87. The van der Waals surface area contributed by atoms with Gasteiger partial charge in [0.05, 0.1) is 0 Å². The third-order valence-corrected chi connectivity index (χ3v) is 5.03. The predicted octanol–water partition coefficient (Wildman–Crippen LogP) is 4.04. The molecule has 1 amide bonds. The Labute approximate surface area is 148 Å². The van der Waals surface area contributed by atoms with Gasteiger partial charge in [-0.25, -0.2) is 4.98 Å². The van der Waals surface area contributed by atoms with Crippen molar-refractivity contribution >= 4 is 17.7 Å². The number of H-pyrrole nitrogens is 1. The Kier molecular flexibility index (Phi) is 7.82. The van der Waals surface area contributed by atoms with Gasteiger partial charge in [0, 0.05) is 17.9 Å². The lowest BCUT2D eigenvalue weighted by Gasteiger charge is -2.15. The van der Waals surface area contributed by atoms with E-state index in [2.05, 4.69) is 34.3 Å². The summed E-state index contributed by atoms with van der Waals surface area (Å²) < 4.78 is 0. The van der Waals surface area contributed by atoms with Crippen LogP contribution in [0.1, 0.15) is 55.5 Å². The van der Waals surface area contributed by atoms with Crippen LogP contribution in [0.2, 0.25) is 0 Å². The molecule has 0 bridgehead atoms. The minimum atomic E-state index is 0.0133. The summed E-state index contributed by atoms with van der Waals surface area (Å²) in [6, 6.07) is 7.76. The maximum atomic E-state index is 12.3. The summed E-state index contributed by atoms with van der Waals surface area (Å²) in [5.74, 6) is 1.39. The van der Waals surface area contributed by atoms with Gasteiger partial charge in [0.2, 0.25) is 0 Å². The zero-order valence-electron chi connectivity index (χ0n) is 14.4. The number of aromatic amines is 1. The minimum Gasteiger partial charge on any atom is -0.352 e. The molecule has 0 saturated heterocycles. The van der Waals surface area contributed by atoms with Crippen molar-refractivity contribution in [3.8, 4) is 0 Å². The Balaban J connectivity index is 1.79. The molecule has 0 aliphatic heterocycles. The zero-order valence-corrected chi connectivity index (χ0v) is 15.2. The van der Waals surface area contributed by atoms with Crippen LogP contribution in [0.3, 0.4) is 0 Å². The van der Waals surface area contributed by atoms with Gasteiger partial charge in [-0.05, 0) is 30.0 Å². The molecule has 2 rings (SSSR count). The Bertz CT molecular complexity index is 598. The van der Waals surface area contributed by atoms with Crippen LogP contribution in [0.25, 0.3) is 0 Å². The molecule has 0 radical (unpaired) electrons. The summed E-state index contributed by atoms with van der Waals surface area (Å²) in [5, 5.41) is 10.5. The quantitative estimate of drug-likeness (QED) is 0.637. The van der Waals surface area contributed by atoms with Gasteiger partial charge in [0.25, 0.3) is 5.91 Å². The molecule has 0 fully saturated rings. The van der Waals surface area contributed by atoms with E-state index < -0.39 is 0 Å². The summed E-state index contributed by atoms with van der Waals surface area (Å²) in [6.07, 6.45) is 6.23. The average Bonchev–Trinajstić information content (AvgIpc) is 3.14. The Hall–Kier alpha value is -1.82. The van der Waals surface area contributed by atoms with Crippen LogP contribution >= 0.6 is 11.8 Å². The maximum absolute atomic E-state index is 12.3. The number of benzene rings is 1. The number of hydrogen-bond donors (Lipinski definition) is 2. The first kappa shape index (κ1) is 18.5. The molecule has 1 heterocycles. The lowest BCUT2D eigenvalue weighted by atomic mass is 9.99. The van der Waals surface area contributed by atoms with Crippen molar-refractivity contribution in [2.24, 2.45) is 5.92 Å². The fourth-order valence-electron chi connectivity index (χ4n) is 2.45. The van der Waals surface area contributed by atoms with Gasteiger partial charge in [0.1, 0.15) is 6.33 Å². The first-order valence-corrected chi connectivity index (χ1v) is 9.56. The van der Waals surface area contributed by atoms with Crippen LogP contribution in [0.15, 0.2) is 35.7 Å². The Morgan fingerprint density at radius 1 is 1.29 bits per heavy atom. The number of amides is 1. The summed E-state index contributed by atoms with van der Waals surface area (Å²) in [6.45, 7) is 5.15. The van der Waals surface area contributed by atoms with Crippen molar-refractivity contribution in [2.45, 2.75) is 50.4 Å². The van der Waals surface area contributed by atoms with Crippen molar-refractivity contribution < 1.29 is 4.79 Å². The molecule has 1 aromatic carbocycles. The number of carbonyl (C=O) groups is 1. The molecule has 5 nitrogen and oxygen atoms in total. The molecule has 1 atom stereocenters. The Morgan fingerprint density at radius 3 is 2.71 bits per heavy atom. The highest BCUT2D eigenvalue weighted by Gasteiger charge is 2.10. The second-order valence-electron chi connectivity index (χ2n) is 5.90. The fourth-order valence-corrected chi connectivity index (χ4v) is 3.19. The molecule has 1 aromatic heterocycles.